The monoisotopic (exact) mass is 265 g/mol. The zero-order valence-corrected chi connectivity index (χ0v) is 12.0. The number of unbranched alkanes of at least 4 members (excludes halogenated alkanes) is 1. The van der Waals surface area contributed by atoms with Gasteiger partial charge in [-0.1, -0.05) is 0 Å². The second-order valence-corrected chi connectivity index (χ2v) is 4.55. The van der Waals surface area contributed by atoms with Crippen LogP contribution in [0.2, 0.25) is 0 Å². The van der Waals surface area contributed by atoms with E-state index in [0.717, 1.165) is 37.3 Å². The van der Waals surface area contributed by atoms with Crippen molar-refractivity contribution in [3.8, 4) is 6.07 Å². The van der Waals surface area contributed by atoms with Crippen LogP contribution in [0.5, 0.6) is 0 Å². The van der Waals surface area contributed by atoms with Crippen molar-refractivity contribution < 1.29 is 9.47 Å². The van der Waals surface area contributed by atoms with Gasteiger partial charge in [0.2, 0.25) is 0 Å². The van der Waals surface area contributed by atoms with Crippen LogP contribution in [0, 0.1) is 25.2 Å². The number of hydrogen-bond donors (Lipinski definition) is 1. The van der Waals surface area contributed by atoms with E-state index >= 15 is 0 Å². The van der Waals surface area contributed by atoms with E-state index in [2.05, 4.69) is 6.07 Å². The van der Waals surface area contributed by atoms with Gasteiger partial charge in [-0.05, 0) is 32.3 Å². The van der Waals surface area contributed by atoms with Crippen molar-refractivity contribution in [1.82, 2.24) is 4.57 Å². The predicted molar refractivity (Wildman–Crippen MR) is 75.0 cm³/mol. The standard InChI is InChI=1S/C14H23N3O2/c1-11-12(2)17(14(16)13(11)10-15)6-4-5-7-19-9-8-18-3/h4-9,16H2,1-3H3. The van der Waals surface area contributed by atoms with Crippen LogP contribution in [0.15, 0.2) is 0 Å². The van der Waals surface area contributed by atoms with Gasteiger partial charge in [0.1, 0.15) is 11.9 Å². The number of rotatable bonds is 8. The third-order valence-corrected chi connectivity index (χ3v) is 3.33. The highest BCUT2D eigenvalue weighted by atomic mass is 16.5. The molecule has 0 saturated heterocycles. The van der Waals surface area contributed by atoms with Crippen LogP contribution in [0.1, 0.15) is 29.7 Å². The van der Waals surface area contributed by atoms with E-state index in [4.69, 9.17) is 20.5 Å². The average molecular weight is 265 g/mol. The zero-order valence-electron chi connectivity index (χ0n) is 12.0. The van der Waals surface area contributed by atoms with Gasteiger partial charge in [-0.15, -0.1) is 0 Å². The Morgan fingerprint density at radius 1 is 1.21 bits per heavy atom. The Bertz CT molecular complexity index is 447. The van der Waals surface area contributed by atoms with Crippen LogP contribution >= 0.6 is 0 Å². The van der Waals surface area contributed by atoms with Crippen LogP contribution < -0.4 is 5.73 Å². The first kappa shape index (κ1) is 15.5. The molecule has 0 aliphatic heterocycles. The molecule has 5 nitrogen and oxygen atoms in total. The van der Waals surface area contributed by atoms with Gasteiger partial charge in [-0.25, -0.2) is 0 Å². The summed E-state index contributed by atoms with van der Waals surface area (Å²) >= 11 is 0. The maximum absolute atomic E-state index is 9.05. The molecule has 1 rings (SSSR count). The molecule has 0 atom stereocenters. The number of hydrogen-bond acceptors (Lipinski definition) is 4. The van der Waals surface area contributed by atoms with Crippen molar-refractivity contribution in [1.29, 1.82) is 5.26 Å². The fourth-order valence-corrected chi connectivity index (χ4v) is 2.04. The van der Waals surface area contributed by atoms with E-state index in [9.17, 15) is 0 Å². The third-order valence-electron chi connectivity index (χ3n) is 3.33. The molecule has 5 heteroatoms. The van der Waals surface area contributed by atoms with Crippen molar-refractivity contribution in [2.45, 2.75) is 33.2 Å². The highest BCUT2D eigenvalue weighted by Gasteiger charge is 2.14. The van der Waals surface area contributed by atoms with Crippen LogP contribution in [0.25, 0.3) is 0 Å². The smallest absolute Gasteiger partial charge is 0.122 e. The molecule has 0 spiro atoms. The van der Waals surface area contributed by atoms with Gasteiger partial charge >= 0.3 is 0 Å². The van der Waals surface area contributed by atoms with Crippen molar-refractivity contribution >= 4 is 5.82 Å². The molecule has 1 aromatic rings. The fourth-order valence-electron chi connectivity index (χ4n) is 2.04. The van der Waals surface area contributed by atoms with Crippen LogP contribution in [-0.2, 0) is 16.0 Å². The minimum Gasteiger partial charge on any atom is -0.384 e. The third kappa shape index (κ3) is 3.98. The molecule has 0 amide bonds. The Hall–Kier alpha value is -1.51. The van der Waals surface area contributed by atoms with E-state index in [1.165, 1.54) is 0 Å². The Morgan fingerprint density at radius 2 is 1.95 bits per heavy atom. The molecule has 0 aromatic carbocycles. The number of anilines is 1. The first-order chi connectivity index (χ1) is 9.13. The SMILES string of the molecule is COCCOCCCCn1c(C)c(C)c(C#N)c1N. The van der Waals surface area contributed by atoms with Gasteiger partial charge < -0.3 is 19.8 Å². The van der Waals surface area contributed by atoms with Gasteiger partial charge in [-0.3, -0.25) is 0 Å². The Labute approximate surface area is 114 Å². The normalized spacial score (nSPS) is 10.6. The maximum Gasteiger partial charge on any atom is 0.122 e. The Morgan fingerprint density at radius 3 is 2.53 bits per heavy atom. The largest absolute Gasteiger partial charge is 0.384 e. The van der Waals surface area contributed by atoms with Crippen molar-refractivity contribution in [2.75, 3.05) is 32.7 Å². The number of nitrogens with two attached hydrogens (primary N) is 1. The number of nitrogens with zero attached hydrogens (tertiary/aromatic N) is 2. The molecule has 1 aromatic heterocycles. The van der Waals surface area contributed by atoms with Gasteiger partial charge in [0, 0.05) is 26.0 Å². The molecule has 0 fully saturated rings. The second-order valence-electron chi connectivity index (χ2n) is 4.55. The van der Waals surface area contributed by atoms with Gasteiger partial charge in [0.05, 0.1) is 18.8 Å². The quantitative estimate of drug-likeness (QED) is 0.730. The number of methoxy groups -OCH3 is 1. The molecule has 0 aliphatic rings. The molecule has 0 unspecified atom stereocenters. The zero-order chi connectivity index (χ0) is 14.3. The predicted octanol–water partition coefficient (Wildman–Crippen LogP) is 2.00. The molecule has 2 N–H and O–H groups in total. The second kappa shape index (κ2) is 7.82. The van der Waals surface area contributed by atoms with E-state index in [1.54, 1.807) is 7.11 Å². The summed E-state index contributed by atoms with van der Waals surface area (Å²) in [5.41, 5.74) is 8.65. The Kier molecular flexibility index (Phi) is 6.40. The highest BCUT2D eigenvalue weighted by Crippen LogP contribution is 2.23. The summed E-state index contributed by atoms with van der Waals surface area (Å²) in [6, 6.07) is 2.17. The molecule has 0 saturated carbocycles. The number of nitriles is 1. The van der Waals surface area contributed by atoms with E-state index in [-0.39, 0.29) is 0 Å². The van der Waals surface area contributed by atoms with Gasteiger partial charge in [-0.2, -0.15) is 5.26 Å². The van der Waals surface area contributed by atoms with Crippen LogP contribution in [-0.4, -0.2) is 31.5 Å². The molecular formula is C14H23N3O2. The molecule has 0 aliphatic carbocycles. The van der Waals surface area contributed by atoms with E-state index in [1.807, 2.05) is 18.4 Å². The summed E-state index contributed by atoms with van der Waals surface area (Å²) in [4.78, 5) is 0. The number of ether oxygens (including phenoxy) is 2. The lowest BCUT2D eigenvalue weighted by atomic mass is 10.2. The van der Waals surface area contributed by atoms with Crippen molar-refractivity contribution in [2.24, 2.45) is 0 Å². The summed E-state index contributed by atoms with van der Waals surface area (Å²) in [7, 11) is 1.66. The topological polar surface area (TPSA) is 73.2 Å². The molecule has 0 radical (unpaired) electrons. The summed E-state index contributed by atoms with van der Waals surface area (Å²) in [5.74, 6) is 0.581. The number of aromatic nitrogens is 1. The highest BCUT2D eigenvalue weighted by molar-refractivity contribution is 5.57. The first-order valence-electron chi connectivity index (χ1n) is 6.55. The fraction of sp³-hybridized carbons (Fsp3) is 0.643. The lowest BCUT2D eigenvalue weighted by Crippen LogP contribution is -2.07. The summed E-state index contributed by atoms with van der Waals surface area (Å²) < 4.78 is 12.3. The van der Waals surface area contributed by atoms with Crippen molar-refractivity contribution in [3.63, 3.8) is 0 Å². The summed E-state index contributed by atoms with van der Waals surface area (Å²) in [5, 5.41) is 9.05. The maximum atomic E-state index is 9.05. The van der Waals surface area contributed by atoms with Gasteiger partial charge in [0.25, 0.3) is 0 Å². The first-order valence-corrected chi connectivity index (χ1v) is 6.55. The average Bonchev–Trinajstić information content (AvgIpc) is 2.60. The van der Waals surface area contributed by atoms with Crippen LogP contribution in [0.4, 0.5) is 5.82 Å². The summed E-state index contributed by atoms with van der Waals surface area (Å²) in [6.07, 6.45) is 1.96. The van der Waals surface area contributed by atoms with Gasteiger partial charge in [0.15, 0.2) is 0 Å². The lowest BCUT2D eigenvalue weighted by molar-refractivity contribution is 0.0684. The lowest BCUT2D eigenvalue weighted by Gasteiger charge is -2.09. The molecule has 0 bridgehead atoms. The molecular weight excluding hydrogens is 242 g/mol. The van der Waals surface area contributed by atoms with Crippen molar-refractivity contribution in [3.05, 3.63) is 16.8 Å². The molecule has 106 valence electrons. The molecule has 19 heavy (non-hydrogen) atoms. The van der Waals surface area contributed by atoms with E-state index < -0.39 is 0 Å². The number of nitrogen functional groups attached to an aromatic ring is 1. The minimum absolute atomic E-state index is 0.581. The molecule has 1 heterocycles. The van der Waals surface area contributed by atoms with Crippen LogP contribution in [0.3, 0.4) is 0 Å². The minimum atomic E-state index is 0.581. The Balaban J connectivity index is 2.40. The van der Waals surface area contributed by atoms with E-state index in [0.29, 0.717) is 24.6 Å². The summed E-state index contributed by atoms with van der Waals surface area (Å²) in [6.45, 7) is 6.77.